The van der Waals surface area contributed by atoms with Crippen molar-refractivity contribution in [2.45, 2.75) is 45.4 Å². The van der Waals surface area contributed by atoms with Crippen molar-refractivity contribution in [3.8, 4) is 0 Å². The van der Waals surface area contributed by atoms with Crippen molar-refractivity contribution < 1.29 is 4.74 Å². The van der Waals surface area contributed by atoms with E-state index in [1.54, 1.807) is 0 Å². The molecule has 0 radical (unpaired) electrons. The van der Waals surface area contributed by atoms with Crippen LogP contribution in [0.2, 0.25) is 0 Å². The van der Waals surface area contributed by atoms with E-state index >= 15 is 0 Å². The normalized spacial score (nSPS) is 29.8. The van der Waals surface area contributed by atoms with Crippen LogP contribution < -0.4 is 5.32 Å². The number of thiophene rings is 1. The van der Waals surface area contributed by atoms with Crippen LogP contribution in [0.4, 0.5) is 0 Å². The number of hydrogen-bond acceptors (Lipinski definition) is 3. The second-order valence-corrected chi connectivity index (χ2v) is 6.22. The third-order valence-electron chi connectivity index (χ3n) is 3.88. The molecule has 1 fully saturated rings. The zero-order valence-corrected chi connectivity index (χ0v) is 11.3. The van der Waals surface area contributed by atoms with E-state index in [0.717, 1.165) is 6.42 Å². The standard InChI is InChI=1S/C13H21NOS/c1-9(10-6-5-7-16-10)14-11-8-12(15-4)13(11,2)3/h5-7,9,11-12,14H,8H2,1-4H3. The third-order valence-corrected chi connectivity index (χ3v) is 4.94. The lowest BCUT2D eigenvalue weighted by molar-refractivity contribution is -0.0998. The molecule has 3 heteroatoms. The molecule has 1 aliphatic rings. The summed E-state index contributed by atoms with van der Waals surface area (Å²) in [6, 6.07) is 5.32. The lowest BCUT2D eigenvalue weighted by Gasteiger charge is -2.52. The van der Waals surface area contributed by atoms with E-state index in [2.05, 4.69) is 43.6 Å². The largest absolute Gasteiger partial charge is 0.381 e. The molecular formula is C13H21NOS. The van der Waals surface area contributed by atoms with Crippen molar-refractivity contribution in [3.63, 3.8) is 0 Å². The van der Waals surface area contributed by atoms with Gasteiger partial charge in [0.25, 0.3) is 0 Å². The van der Waals surface area contributed by atoms with Crippen LogP contribution in [0.5, 0.6) is 0 Å². The van der Waals surface area contributed by atoms with Crippen molar-refractivity contribution in [1.29, 1.82) is 0 Å². The molecule has 0 aromatic carbocycles. The van der Waals surface area contributed by atoms with Gasteiger partial charge in [0, 0.05) is 29.5 Å². The van der Waals surface area contributed by atoms with Crippen LogP contribution in [0.1, 0.15) is 38.1 Å². The number of ether oxygens (including phenoxy) is 1. The highest BCUT2D eigenvalue weighted by Crippen LogP contribution is 2.43. The molecule has 1 aromatic rings. The van der Waals surface area contributed by atoms with Crippen LogP contribution in [0, 0.1) is 5.41 Å². The molecule has 1 aromatic heterocycles. The summed E-state index contributed by atoms with van der Waals surface area (Å²) in [5.74, 6) is 0. The highest BCUT2D eigenvalue weighted by Gasteiger charge is 2.48. The monoisotopic (exact) mass is 239 g/mol. The molecule has 1 saturated carbocycles. The van der Waals surface area contributed by atoms with Gasteiger partial charge in [-0.25, -0.2) is 0 Å². The van der Waals surface area contributed by atoms with Gasteiger partial charge < -0.3 is 10.1 Å². The molecule has 0 bridgehead atoms. The number of methoxy groups -OCH3 is 1. The summed E-state index contributed by atoms with van der Waals surface area (Å²) in [5, 5.41) is 5.84. The van der Waals surface area contributed by atoms with Crippen LogP contribution in [-0.2, 0) is 4.74 Å². The van der Waals surface area contributed by atoms with E-state index in [9.17, 15) is 0 Å². The van der Waals surface area contributed by atoms with Crippen molar-refractivity contribution in [2.24, 2.45) is 5.41 Å². The molecule has 1 heterocycles. The van der Waals surface area contributed by atoms with Crippen LogP contribution in [0.25, 0.3) is 0 Å². The van der Waals surface area contributed by atoms with E-state index in [0.29, 0.717) is 18.2 Å². The Morgan fingerprint density at radius 3 is 2.81 bits per heavy atom. The minimum absolute atomic E-state index is 0.250. The molecule has 16 heavy (non-hydrogen) atoms. The van der Waals surface area contributed by atoms with E-state index in [-0.39, 0.29) is 5.41 Å². The summed E-state index contributed by atoms with van der Waals surface area (Å²) >= 11 is 1.82. The van der Waals surface area contributed by atoms with Crippen LogP contribution in [0.3, 0.4) is 0 Å². The molecule has 0 spiro atoms. The molecule has 3 unspecified atom stereocenters. The smallest absolute Gasteiger partial charge is 0.0652 e. The molecule has 0 saturated heterocycles. The first-order chi connectivity index (χ1) is 7.55. The first-order valence-corrected chi connectivity index (χ1v) is 6.76. The van der Waals surface area contributed by atoms with Crippen LogP contribution in [-0.4, -0.2) is 19.3 Å². The predicted molar refractivity (Wildman–Crippen MR) is 68.9 cm³/mol. The zero-order valence-electron chi connectivity index (χ0n) is 10.5. The first-order valence-electron chi connectivity index (χ1n) is 5.88. The number of hydrogen-bond donors (Lipinski definition) is 1. The summed E-state index contributed by atoms with van der Waals surface area (Å²) < 4.78 is 5.47. The fourth-order valence-electron chi connectivity index (χ4n) is 2.49. The molecule has 3 atom stereocenters. The Kier molecular flexibility index (Phi) is 3.38. The van der Waals surface area contributed by atoms with Gasteiger partial charge in [0.05, 0.1) is 6.10 Å². The number of nitrogens with one attached hydrogen (secondary N) is 1. The van der Waals surface area contributed by atoms with E-state index in [1.807, 2.05) is 18.4 Å². The quantitative estimate of drug-likeness (QED) is 0.871. The molecule has 2 rings (SSSR count). The fourth-order valence-corrected chi connectivity index (χ4v) is 3.23. The maximum absolute atomic E-state index is 5.47. The molecule has 0 aliphatic heterocycles. The Bertz CT molecular complexity index is 334. The lowest BCUT2D eigenvalue weighted by Crippen LogP contribution is -2.60. The molecule has 0 amide bonds. The molecule has 1 aliphatic carbocycles. The van der Waals surface area contributed by atoms with E-state index < -0.39 is 0 Å². The minimum Gasteiger partial charge on any atom is -0.381 e. The highest BCUT2D eigenvalue weighted by atomic mass is 32.1. The average Bonchev–Trinajstić information content (AvgIpc) is 2.76. The zero-order chi connectivity index (χ0) is 11.8. The topological polar surface area (TPSA) is 21.3 Å². The van der Waals surface area contributed by atoms with Gasteiger partial charge in [-0.15, -0.1) is 11.3 Å². The van der Waals surface area contributed by atoms with E-state index in [4.69, 9.17) is 4.74 Å². The summed E-state index contributed by atoms with van der Waals surface area (Å²) in [7, 11) is 1.81. The Morgan fingerprint density at radius 2 is 2.31 bits per heavy atom. The Balaban J connectivity index is 1.92. The summed E-state index contributed by atoms with van der Waals surface area (Å²) in [4.78, 5) is 1.41. The Morgan fingerprint density at radius 1 is 1.56 bits per heavy atom. The van der Waals surface area contributed by atoms with Gasteiger partial charge in [0.1, 0.15) is 0 Å². The minimum atomic E-state index is 0.250. The number of rotatable bonds is 4. The van der Waals surface area contributed by atoms with Gasteiger partial charge in [-0.3, -0.25) is 0 Å². The van der Waals surface area contributed by atoms with Gasteiger partial charge in [0.2, 0.25) is 0 Å². The van der Waals surface area contributed by atoms with Crippen molar-refractivity contribution >= 4 is 11.3 Å². The molecular weight excluding hydrogens is 218 g/mol. The second-order valence-electron chi connectivity index (χ2n) is 5.24. The Labute approximate surface area is 102 Å². The van der Waals surface area contributed by atoms with Gasteiger partial charge >= 0.3 is 0 Å². The van der Waals surface area contributed by atoms with E-state index in [1.165, 1.54) is 4.88 Å². The Hall–Kier alpha value is -0.380. The molecule has 90 valence electrons. The van der Waals surface area contributed by atoms with Crippen molar-refractivity contribution in [3.05, 3.63) is 22.4 Å². The summed E-state index contributed by atoms with van der Waals surface area (Å²) in [5.41, 5.74) is 0.250. The molecule has 2 nitrogen and oxygen atoms in total. The SMILES string of the molecule is COC1CC(NC(C)c2cccs2)C1(C)C. The lowest BCUT2D eigenvalue weighted by atomic mass is 9.64. The summed E-state index contributed by atoms with van der Waals surface area (Å²) in [6.45, 7) is 6.80. The average molecular weight is 239 g/mol. The van der Waals surface area contributed by atoms with Crippen molar-refractivity contribution in [1.82, 2.24) is 5.32 Å². The second kappa shape index (κ2) is 4.47. The fraction of sp³-hybridized carbons (Fsp3) is 0.692. The van der Waals surface area contributed by atoms with Gasteiger partial charge in [-0.2, -0.15) is 0 Å². The van der Waals surface area contributed by atoms with Crippen LogP contribution >= 0.6 is 11.3 Å². The third kappa shape index (κ3) is 2.04. The predicted octanol–water partition coefficient (Wildman–Crippen LogP) is 3.21. The van der Waals surface area contributed by atoms with Crippen LogP contribution in [0.15, 0.2) is 17.5 Å². The summed E-state index contributed by atoms with van der Waals surface area (Å²) in [6.07, 6.45) is 1.53. The highest BCUT2D eigenvalue weighted by molar-refractivity contribution is 7.10. The van der Waals surface area contributed by atoms with Crippen molar-refractivity contribution in [2.75, 3.05) is 7.11 Å². The van der Waals surface area contributed by atoms with Gasteiger partial charge in [-0.05, 0) is 24.8 Å². The van der Waals surface area contributed by atoms with Gasteiger partial charge in [0.15, 0.2) is 0 Å². The maximum atomic E-state index is 5.47. The first kappa shape index (κ1) is 12.1. The molecule has 1 N–H and O–H groups in total. The maximum Gasteiger partial charge on any atom is 0.0652 e. The van der Waals surface area contributed by atoms with Gasteiger partial charge in [-0.1, -0.05) is 19.9 Å².